The van der Waals surface area contributed by atoms with Crippen molar-refractivity contribution in [1.82, 2.24) is 0 Å². The van der Waals surface area contributed by atoms with Crippen molar-refractivity contribution in [2.24, 2.45) is 0 Å². The van der Waals surface area contributed by atoms with Crippen molar-refractivity contribution in [3.63, 3.8) is 0 Å². The first-order valence-corrected chi connectivity index (χ1v) is 11.8. The molecule has 0 N–H and O–H groups in total. The predicted molar refractivity (Wildman–Crippen MR) is 150 cm³/mol. The predicted octanol–water partition coefficient (Wildman–Crippen LogP) is 8.05. The van der Waals surface area contributed by atoms with Gasteiger partial charge in [0.15, 0.2) is 0 Å². The summed E-state index contributed by atoms with van der Waals surface area (Å²) in [5.74, 6) is 0. The zero-order valence-corrected chi connectivity index (χ0v) is 20.1. The Labute approximate surface area is 201 Å². The fourth-order valence-corrected chi connectivity index (χ4v) is 5.21. The van der Waals surface area contributed by atoms with Crippen LogP contribution >= 0.6 is 0 Å². The highest BCUT2D eigenvalue weighted by Gasteiger charge is 2.16. The molecule has 0 unspecified atom stereocenters. The molecule has 0 spiro atoms. The van der Waals surface area contributed by atoms with Gasteiger partial charge in [0.05, 0.1) is 0 Å². The van der Waals surface area contributed by atoms with Gasteiger partial charge in [0.1, 0.15) is 0 Å². The smallest absolute Gasteiger partial charge is 0.0361 e. The van der Waals surface area contributed by atoms with Crippen LogP contribution < -0.4 is 9.80 Å². The molecule has 0 aliphatic carbocycles. The summed E-state index contributed by atoms with van der Waals surface area (Å²) >= 11 is 0. The third-order valence-electron chi connectivity index (χ3n) is 7.01. The van der Waals surface area contributed by atoms with Crippen LogP contribution in [0.5, 0.6) is 0 Å². The first-order valence-electron chi connectivity index (χ1n) is 11.8. The average molecular weight is 441 g/mol. The number of rotatable bonds is 4. The lowest BCUT2D eigenvalue weighted by molar-refractivity contribution is 1.13. The van der Waals surface area contributed by atoms with Gasteiger partial charge in [-0.2, -0.15) is 0 Å². The van der Waals surface area contributed by atoms with E-state index in [4.69, 9.17) is 0 Å². The first-order chi connectivity index (χ1) is 16.5. The SMILES string of the molecule is CN(C)c1ccc(-c2cc3cccc4cc(-c5ccc(N(C)C)cc5)c5cccc2c5c34)cc1. The van der Waals surface area contributed by atoms with Crippen LogP contribution in [0.2, 0.25) is 0 Å². The minimum Gasteiger partial charge on any atom is -0.378 e. The van der Waals surface area contributed by atoms with Crippen molar-refractivity contribution in [2.75, 3.05) is 38.0 Å². The van der Waals surface area contributed by atoms with Crippen molar-refractivity contribution in [2.45, 2.75) is 0 Å². The maximum absolute atomic E-state index is 2.36. The van der Waals surface area contributed by atoms with Gasteiger partial charge in [-0.3, -0.25) is 0 Å². The van der Waals surface area contributed by atoms with Crippen LogP contribution in [0.3, 0.4) is 0 Å². The fraction of sp³-hybridized carbons (Fsp3) is 0.125. The standard InChI is InChI=1S/C32H28N2/c1-33(2)25-15-11-21(12-16-25)29-19-23-7-5-8-24-20-30(22-13-17-26(18-14-22)34(3)4)28-10-6-9-27(29)32(28)31(23)24/h5-20H,1-4H3. The second-order valence-electron chi connectivity index (χ2n) is 9.54. The molecule has 6 aromatic rings. The Morgan fingerprint density at radius 3 is 1.26 bits per heavy atom. The highest BCUT2D eigenvalue weighted by atomic mass is 15.1. The zero-order chi connectivity index (χ0) is 23.4. The van der Waals surface area contributed by atoms with Gasteiger partial charge in [-0.15, -0.1) is 0 Å². The molecular weight excluding hydrogens is 412 g/mol. The molecular formula is C32H28N2. The summed E-state index contributed by atoms with van der Waals surface area (Å²) in [6, 6.07) is 36.0. The topological polar surface area (TPSA) is 6.48 Å². The molecule has 166 valence electrons. The summed E-state index contributed by atoms with van der Waals surface area (Å²) < 4.78 is 0. The van der Waals surface area contributed by atoms with E-state index in [0.29, 0.717) is 0 Å². The molecule has 6 aromatic carbocycles. The second-order valence-corrected chi connectivity index (χ2v) is 9.54. The number of benzene rings is 6. The molecule has 0 amide bonds. The number of hydrogen-bond donors (Lipinski definition) is 0. The van der Waals surface area contributed by atoms with E-state index in [-0.39, 0.29) is 0 Å². The summed E-state index contributed by atoms with van der Waals surface area (Å²) in [7, 11) is 8.33. The minimum absolute atomic E-state index is 1.21. The highest BCUT2D eigenvalue weighted by molar-refractivity contribution is 6.29. The van der Waals surface area contributed by atoms with Crippen molar-refractivity contribution in [3.8, 4) is 22.3 Å². The molecule has 0 aliphatic rings. The monoisotopic (exact) mass is 440 g/mol. The van der Waals surface area contributed by atoms with E-state index >= 15 is 0 Å². The van der Waals surface area contributed by atoms with E-state index in [0.717, 1.165) is 0 Å². The van der Waals surface area contributed by atoms with Crippen molar-refractivity contribution >= 4 is 43.7 Å². The molecule has 0 aliphatic heterocycles. The quantitative estimate of drug-likeness (QED) is 0.256. The van der Waals surface area contributed by atoms with Crippen molar-refractivity contribution in [1.29, 1.82) is 0 Å². The van der Waals surface area contributed by atoms with Crippen LogP contribution in [-0.2, 0) is 0 Å². The number of nitrogens with zero attached hydrogens (tertiary/aromatic N) is 2. The molecule has 0 fully saturated rings. The van der Waals surface area contributed by atoms with Gasteiger partial charge in [-0.05, 0) is 91.0 Å². The van der Waals surface area contributed by atoms with Gasteiger partial charge < -0.3 is 9.80 Å². The second kappa shape index (κ2) is 7.78. The van der Waals surface area contributed by atoms with Gasteiger partial charge in [0.25, 0.3) is 0 Å². The van der Waals surface area contributed by atoms with Gasteiger partial charge in [0.2, 0.25) is 0 Å². The molecule has 0 heterocycles. The summed E-state index contributed by atoms with van der Waals surface area (Å²) in [4.78, 5) is 4.28. The Morgan fingerprint density at radius 1 is 0.441 bits per heavy atom. The third kappa shape index (κ3) is 3.18. The molecule has 0 saturated heterocycles. The molecule has 0 saturated carbocycles. The van der Waals surface area contributed by atoms with Crippen LogP contribution in [-0.4, -0.2) is 28.2 Å². The van der Waals surface area contributed by atoms with Crippen LogP contribution in [0.15, 0.2) is 97.1 Å². The number of anilines is 2. The van der Waals surface area contributed by atoms with Gasteiger partial charge in [-0.25, -0.2) is 0 Å². The van der Waals surface area contributed by atoms with E-state index in [9.17, 15) is 0 Å². The van der Waals surface area contributed by atoms with Gasteiger partial charge >= 0.3 is 0 Å². The van der Waals surface area contributed by atoms with Crippen LogP contribution in [0.1, 0.15) is 0 Å². The van der Waals surface area contributed by atoms with Crippen LogP contribution in [0.4, 0.5) is 11.4 Å². The lowest BCUT2D eigenvalue weighted by Gasteiger charge is -2.19. The van der Waals surface area contributed by atoms with E-state index in [1.165, 1.54) is 65.9 Å². The molecule has 0 aromatic heterocycles. The first kappa shape index (κ1) is 20.6. The van der Waals surface area contributed by atoms with Crippen LogP contribution in [0.25, 0.3) is 54.6 Å². The van der Waals surface area contributed by atoms with E-state index in [1.54, 1.807) is 0 Å². The molecule has 0 radical (unpaired) electrons. The molecule has 34 heavy (non-hydrogen) atoms. The average Bonchev–Trinajstić information content (AvgIpc) is 2.87. The molecule has 2 nitrogen and oxygen atoms in total. The highest BCUT2D eigenvalue weighted by Crippen LogP contribution is 2.44. The third-order valence-corrected chi connectivity index (χ3v) is 7.01. The van der Waals surface area contributed by atoms with E-state index < -0.39 is 0 Å². The Balaban J connectivity index is 1.66. The lowest BCUT2D eigenvalue weighted by atomic mass is 9.85. The van der Waals surface area contributed by atoms with Crippen molar-refractivity contribution < 1.29 is 0 Å². The summed E-state index contributed by atoms with van der Waals surface area (Å²) in [6.07, 6.45) is 0. The Hall–Kier alpha value is -4.04. The maximum atomic E-state index is 2.36. The zero-order valence-electron chi connectivity index (χ0n) is 20.1. The summed E-state index contributed by atoms with van der Waals surface area (Å²) in [5.41, 5.74) is 7.50. The maximum Gasteiger partial charge on any atom is 0.0361 e. The van der Waals surface area contributed by atoms with Crippen molar-refractivity contribution in [3.05, 3.63) is 97.1 Å². The van der Waals surface area contributed by atoms with Gasteiger partial charge in [0, 0.05) is 39.6 Å². The van der Waals surface area contributed by atoms with Crippen LogP contribution in [0, 0.1) is 0 Å². The molecule has 2 heteroatoms. The Morgan fingerprint density at radius 2 is 0.853 bits per heavy atom. The fourth-order valence-electron chi connectivity index (χ4n) is 5.21. The summed E-state index contributed by atoms with van der Waals surface area (Å²) in [6.45, 7) is 0. The normalized spacial score (nSPS) is 11.5. The minimum atomic E-state index is 1.21. The molecule has 0 bridgehead atoms. The number of hydrogen-bond acceptors (Lipinski definition) is 2. The Bertz CT molecular complexity index is 1510. The van der Waals surface area contributed by atoms with E-state index in [1.807, 2.05) is 0 Å². The molecule has 0 atom stereocenters. The largest absolute Gasteiger partial charge is 0.378 e. The van der Waals surface area contributed by atoms with Gasteiger partial charge in [-0.1, -0.05) is 60.7 Å². The molecule has 6 rings (SSSR count). The van der Waals surface area contributed by atoms with E-state index in [2.05, 4.69) is 135 Å². The lowest BCUT2D eigenvalue weighted by Crippen LogP contribution is -2.07. The Kier molecular flexibility index (Phi) is 4.70. The summed E-state index contributed by atoms with van der Waals surface area (Å²) in [5, 5.41) is 7.92.